The molecule has 7 heteroatoms. The van der Waals surface area contributed by atoms with Crippen molar-refractivity contribution in [3.63, 3.8) is 0 Å². The van der Waals surface area contributed by atoms with Crippen LogP contribution in [0.4, 0.5) is 5.69 Å². The molecule has 0 N–H and O–H groups in total. The van der Waals surface area contributed by atoms with Gasteiger partial charge in [-0.25, -0.2) is 0 Å². The standard InChI is InChI=1S/C12H13ClN2O4/c13-8-10-2-1-9(7-11(10)15(17)18)12(16)14-3-5-19-6-4-14/h1-2,7H,3-6,8H2. The minimum atomic E-state index is -0.520. The minimum absolute atomic E-state index is 0.0440. The molecule has 0 aliphatic carbocycles. The molecule has 0 spiro atoms. The largest absolute Gasteiger partial charge is 0.378 e. The highest BCUT2D eigenvalue weighted by Crippen LogP contribution is 2.23. The molecule has 1 aliphatic heterocycles. The van der Waals surface area contributed by atoms with Crippen molar-refractivity contribution >= 4 is 23.2 Å². The van der Waals surface area contributed by atoms with Crippen molar-refractivity contribution in [1.82, 2.24) is 4.90 Å². The molecule has 0 radical (unpaired) electrons. The van der Waals surface area contributed by atoms with Gasteiger partial charge in [0.25, 0.3) is 11.6 Å². The van der Waals surface area contributed by atoms with E-state index in [0.29, 0.717) is 37.4 Å². The van der Waals surface area contributed by atoms with Gasteiger partial charge in [0.05, 0.1) is 24.0 Å². The van der Waals surface area contributed by atoms with Crippen LogP contribution in [0.1, 0.15) is 15.9 Å². The molecule has 102 valence electrons. The van der Waals surface area contributed by atoms with Crippen molar-refractivity contribution in [2.75, 3.05) is 26.3 Å². The molecule has 1 heterocycles. The van der Waals surface area contributed by atoms with E-state index in [4.69, 9.17) is 16.3 Å². The molecule has 1 aromatic rings. The van der Waals surface area contributed by atoms with E-state index in [1.807, 2.05) is 0 Å². The molecule has 0 unspecified atom stereocenters. The van der Waals surface area contributed by atoms with Crippen LogP contribution in [0, 0.1) is 10.1 Å². The maximum Gasteiger partial charge on any atom is 0.274 e. The third-order valence-corrected chi connectivity index (χ3v) is 3.26. The van der Waals surface area contributed by atoms with Crippen LogP contribution < -0.4 is 0 Å². The summed E-state index contributed by atoms with van der Waals surface area (Å²) < 4.78 is 5.16. The summed E-state index contributed by atoms with van der Waals surface area (Å²) in [6, 6.07) is 4.39. The Morgan fingerprint density at radius 3 is 2.68 bits per heavy atom. The van der Waals surface area contributed by atoms with Gasteiger partial charge < -0.3 is 9.64 Å². The van der Waals surface area contributed by atoms with Crippen LogP contribution >= 0.6 is 11.6 Å². The van der Waals surface area contributed by atoms with Gasteiger partial charge in [-0.1, -0.05) is 6.07 Å². The number of nitro groups is 1. The first-order valence-electron chi connectivity index (χ1n) is 5.84. The second-order valence-corrected chi connectivity index (χ2v) is 4.41. The maximum atomic E-state index is 12.2. The topological polar surface area (TPSA) is 72.7 Å². The molecule has 1 aromatic carbocycles. The van der Waals surface area contributed by atoms with Crippen LogP contribution in [-0.2, 0) is 10.6 Å². The number of rotatable bonds is 3. The summed E-state index contributed by atoms with van der Waals surface area (Å²) in [5.74, 6) is -0.171. The molecule has 19 heavy (non-hydrogen) atoms. The third kappa shape index (κ3) is 3.02. The van der Waals surface area contributed by atoms with Crippen molar-refractivity contribution in [1.29, 1.82) is 0 Å². The molecule has 0 aromatic heterocycles. The van der Waals surface area contributed by atoms with Crippen LogP contribution in [0.2, 0.25) is 0 Å². The van der Waals surface area contributed by atoms with E-state index in [1.54, 1.807) is 11.0 Å². The molecule has 1 amide bonds. The molecule has 0 saturated carbocycles. The molecule has 2 rings (SSSR count). The number of ether oxygens (including phenoxy) is 1. The highest BCUT2D eigenvalue weighted by atomic mass is 35.5. The predicted octanol–water partition coefficient (Wildman–Crippen LogP) is 1.81. The Bertz CT molecular complexity index is 501. The predicted molar refractivity (Wildman–Crippen MR) is 69.4 cm³/mol. The SMILES string of the molecule is O=C(c1ccc(CCl)c([N+](=O)[O-])c1)N1CCOCC1. The first-order valence-corrected chi connectivity index (χ1v) is 6.37. The highest BCUT2D eigenvalue weighted by Gasteiger charge is 2.22. The zero-order chi connectivity index (χ0) is 13.8. The van der Waals surface area contributed by atoms with Crippen LogP contribution in [0.25, 0.3) is 0 Å². The fourth-order valence-electron chi connectivity index (χ4n) is 1.93. The number of alkyl halides is 1. The lowest BCUT2D eigenvalue weighted by Gasteiger charge is -2.26. The fraction of sp³-hybridized carbons (Fsp3) is 0.417. The Balaban J connectivity index is 2.26. The van der Waals surface area contributed by atoms with E-state index >= 15 is 0 Å². The van der Waals surface area contributed by atoms with Crippen molar-refractivity contribution in [3.8, 4) is 0 Å². The average molecular weight is 285 g/mol. The number of morpholine rings is 1. The molecule has 1 fully saturated rings. The number of halogens is 1. The summed E-state index contributed by atoms with van der Waals surface area (Å²) in [7, 11) is 0. The van der Waals surface area contributed by atoms with Gasteiger partial charge in [0.1, 0.15) is 0 Å². The van der Waals surface area contributed by atoms with Crippen LogP contribution in [-0.4, -0.2) is 42.0 Å². The lowest BCUT2D eigenvalue weighted by Crippen LogP contribution is -2.40. The van der Waals surface area contributed by atoms with Gasteiger partial charge in [-0.05, 0) is 6.07 Å². The summed E-state index contributed by atoms with van der Waals surface area (Å²) in [5.41, 5.74) is 0.599. The Hall–Kier alpha value is -1.66. The molecular formula is C12H13ClN2O4. The molecule has 6 nitrogen and oxygen atoms in total. The number of hydrogen-bond donors (Lipinski definition) is 0. The Morgan fingerprint density at radius 1 is 1.42 bits per heavy atom. The number of nitro benzene ring substituents is 1. The van der Waals surface area contributed by atoms with Crippen molar-refractivity contribution in [2.45, 2.75) is 5.88 Å². The van der Waals surface area contributed by atoms with Gasteiger partial charge in [0, 0.05) is 30.3 Å². The molecule has 1 aliphatic rings. The number of nitrogens with zero attached hydrogens (tertiary/aromatic N) is 2. The van der Waals surface area contributed by atoms with Crippen molar-refractivity contribution in [3.05, 3.63) is 39.4 Å². The molecular weight excluding hydrogens is 272 g/mol. The molecule has 0 bridgehead atoms. The monoisotopic (exact) mass is 284 g/mol. The minimum Gasteiger partial charge on any atom is -0.378 e. The van der Waals surface area contributed by atoms with Gasteiger partial charge in [-0.15, -0.1) is 11.6 Å². The summed E-state index contributed by atoms with van der Waals surface area (Å²) in [6.45, 7) is 2.00. The number of hydrogen-bond acceptors (Lipinski definition) is 4. The number of carbonyl (C=O) groups excluding carboxylic acids is 1. The number of benzene rings is 1. The van der Waals surface area contributed by atoms with E-state index < -0.39 is 4.92 Å². The Kier molecular flexibility index (Phi) is 4.34. The second kappa shape index (κ2) is 5.99. The maximum absolute atomic E-state index is 12.2. The highest BCUT2D eigenvalue weighted by molar-refractivity contribution is 6.17. The Morgan fingerprint density at radius 2 is 2.11 bits per heavy atom. The van der Waals surface area contributed by atoms with E-state index in [2.05, 4.69) is 0 Å². The van der Waals surface area contributed by atoms with E-state index in [-0.39, 0.29) is 17.5 Å². The first-order chi connectivity index (χ1) is 9.13. The second-order valence-electron chi connectivity index (χ2n) is 4.14. The fourth-order valence-corrected chi connectivity index (χ4v) is 2.15. The third-order valence-electron chi connectivity index (χ3n) is 2.97. The van der Waals surface area contributed by atoms with E-state index in [9.17, 15) is 14.9 Å². The number of carbonyl (C=O) groups is 1. The number of amides is 1. The smallest absolute Gasteiger partial charge is 0.274 e. The summed E-state index contributed by atoms with van der Waals surface area (Å²) >= 11 is 5.64. The summed E-state index contributed by atoms with van der Waals surface area (Å²) in [4.78, 5) is 24.2. The van der Waals surface area contributed by atoms with Gasteiger partial charge in [-0.3, -0.25) is 14.9 Å². The lowest BCUT2D eigenvalue weighted by atomic mass is 10.1. The Labute approximate surface area is 115 Å². The van der Waals surface area contributed by atoms with Gasteiger partial charge in [0.2, 0.25) is 0 Å². The van der Waals surface area contributed by atoms with Gasteiger partial charge in [0.15, 0.2) is 0 Å². The van der Waals surface area contributed by atoms with E-state index in [1.165, 1.54) is 12.1 Å². The normalized spacial score (nSPS) is 15.3. The van der Waals surface area contributed by atoms with Gasteiger partial charge >= 0.3 is 0 Å². The zero-order valence-corrected chi connectivity index (χ0v) is 10.9. The zero-order valence-electron chi connectivity index (χ0n) is 10.2. The van der Waals surface area contributed by atoms with Crippen LogP contribution in [0.3, 0.4) is 0 Å². The van der Waals surface area contributed by atoms with Gasteiger partial charge in [-0.2, -0.15) is 0 Å². The lowest BCUT2D eigenvalue weighted by molar-refractivity contribution is -0.385. The average Bonchev–Trinajstić information content (AvgIpc) is 2.46. The van der Waals surface area contributed by atoms with Crippen LogP contribution in [0.5, 0.6) is 0 Å². The van der Waals surface area contributed by atoms with E-state index in [0.717, 1.165) is 0 Å². The molecule has 0 atom stereocenters. The molecule has 1 saturated heterocycles. The van der Waals surface area contributed by atoms with Crippen molar-refractivity contribution in [2.24, 2.45) is 0 Å². The summed E-state index contributed by atoms with van der Waals surface area (Å²) in [5, 5.41) is 10.9. The van der Waals surface area contributed by atoms with Crippen LogP contribution in [0.15, 0.2) is 18.2 Å². The summed E-state index contributed by atoms with van der Waals surface area (Å²) in [6.07, 6.45) is 0. The first kappa shape index (κ1) is 13.8. The van der Waals surface area contributed by atoms with Crippen molar-refractivity contribution < 1.29 is 14.5 Å². The quantitative estimate of drug-likeness (QED) is 0.482.